The lowest BCUT2D eigenvalue weighted by atomic mass is 10.1. The summed E-state index contributed by atoms with van der Waals surface area (Å²) in [6.45, 7) is 5.26. The van der Waals surface area contributed by atoms with Crippen molar-refractivity contribution in [2.45, 2.75) is 26.3 Å². The van der Waals surface area contributed by atoms with Crippen LogP contribution < -0.4 is 5.32 Å². The third kappa shape index (κ3) is 5.34. The number of nitrogens with zero attached hydrogens (tertiary/aromatic N) is 2. The lowest BCUT2D eigenvalue weighted by molar-refractivity contribution is -0.142. The Kier molecular flexibility index (Phi) is 5.71. The summed E-state index contributed by atoms with van der Waals surface area (Å²) in [5.41, 5.74) is -0.0984. The lowest BCUT2D eigenvalue weighted by Gasteiger charge is -2.27. The Balaban J connectivity index is 3.02. The van der Waals surface area contributed by atoms with Crippen molar-refractivity contribution in [2.24, 2.45) is 0 Å². The summed E-state index contributed by atoms with van der Waals surface area (Å²) >= 11 is 3.31. The number of pyridine rings is 1. The monoisotopic (exact) mass is 357 g/mol. The highest BCUT2D eigenvalue weighted by Gasteiger charge is 2.24. The lowest BCUT2D eigenvalue weighted by Crippen LogP contribution is -2.38. The molecule has 0 spiro atoms. The van der Waals surface area contributed by atoms with E-state index >= 15 is 0 Å². The number of ether oxygens (including phenoxy) is 1. The second kappa shape index (κ2) is 6.89. The van der Waals surface area contributed by atoms with Gasteiger partial charge in [-0.05, 0) is 35.8 Å². The molecule has 0 aliphatic rings. The van der Waals surface area contributed by atoms with Crippen molar-refractivity contribution in [3.05, 3.63) is 22.3 Å². The van der Waals surface area contributed by atoms with Crippen LogP contribution in [0.15, 0.2) is 16.7 Å². The fraction of sp³-hybridized carbons (Fsp3) is 0.500. The zero-order chi connectivity index (χ0) is 16.2. The van der Waals surface area contributed by atoms with E-state index in [2.05, 4.69) is 26.2 Å². The van der Waals surface area contributed by atoms with E-state index in [1.807, 2.05) is 13.8 Å². The van der Waals surface area contributed by atoms with Crippen LogP contribution in [-0.2, 0) is 9.53 Å². The summed E-state index contributed by atoms with van der Waals surface area (Å²) < 4.78 is 5.74. The molecule has 0 saturated carbocycles. The van der Waals surface area contributed by atoms with Gasteiger partial charge in [0.25, 0.3) is 5.91 Å². The van der Waals surface area contributed by atoms with Gasteiger partial charge in [0.1, 0.15) is 12.4 Å². The molecule has 7 heteroatoms. The first-order valence-corrected chi connectivity index (χ1v) is 7.20. The van der Waals surface area contributed by atoms with Gasteiger partial charge in [0.15, 0.2) is 0 Å². The minimum atomic E-state index is -0.548. The number of hydrogen-bond acceptors (Lipinski definition) is 5. The van der Waals surface area contributed by atoms with Crippen LogP contribution in [0.25, 0.3) is 0 Å². The zero-order valence-electron chi connectivity index (χ0n) is 12.9. The van der Waals surface area contributed by atoms with E-state index in [4.69, 9.17) is 4.74 Å². The minimum Gasteiger partial charge on any atom is -0.463 e. The molecule has 21 heavy (non-hydrogen) atoms. The predicted molar refractivity (Wildman–Crippen MR) is 84.3 cm³/mol. The standard InChI is InChI=1S/C14H20BrN3O3/c1-9(19)21-8-14(2,3)17-12-11(13(20)18(4)5)6-10(15)7-16-12/h6-7H,8H2,1-5H3,(H,16,17). The van der Waals surface area contributed by atoms with E-state index in [9.17, 15) is 9.59 Å². The number of carbonyl (C=O) groups excluding carboxylic acids is 2. The van der Waals surface area contributed by atoms with Crippen LogP contribution in [0.3, 0.4) is 0 Å². The predicted octanol–water partition coefficient (Wildman–Crippen LogP) is 2.30. The molecule has 0 atom stereocenters. The van der Waals surface area contributed by atoms with E-state index in [-0.39, 0.29) is 18.5 Å². The van der Waals surface area contributed by atoms with Crippen LogP contribution >= 0.6 is 15.9 Å². The Hall–Kier alpha value is -1.63. The second-order valence-electron chi connectivity index (χ2n) is 5.54. The van der Waals surface area contributed by atoms with Crippen LogP contribution in [0.5, 0.6) is 0 Å². The van der Waals surface area contributed by atoms with Crippen LogP contribution in [0.4, 0.5) is 5.82 Å². The molecule has 0 aromatic carbocycles. The molecule has 116 valence electrons. The van der Waals surface area contributed by atoms with Crippen molar-refractivity contribution in [3.8, 4) is 0 Å². The van der Waals surface area contributed by atoms with E-state index in [0.717, 1.165) is 4.47 Å². The third-order valence-corrected chi connectivity index (χ3v) is 3.02. The molecule has 1 aromatic rings. The number of aromatic nitrogens is 1. The van der Waals surface area contributed by atoms with Gasteiger partial charge >= 0.3 is 5.97 Å². The number of halogens is 1. The Morgan fingerprint density at radius 1 is 1.43 bits per heavy atom. The van der Waals surface area contributed by atoms with E-state index in [1.54, 1.807) is 26.4 Å². The fourth-order valence-electron chi connectivity index (χ4n) is 1.58. The zero-order valence-corrected chi connectivity index (χ0v) is 14.4. The van der Waals surface area contributed by atoms with Crippen molar-refractivity contribution < 1.29 is 14.3 Å². The molecule has 0 fully saturated rings. The number of carbonyl (C=O) groups is 2. The average Bonchev–Trinajstić information content (AvgIpc) is 2.37. The maximum Gasteiger partial charge on any atom is 0.302 e. The average molecular weight is 358 g/mol. The van der Waals surface area contributed by atoms with Crippen molar-refractivity contribution >= 4 is 33.6 Å². The van der Waals surface area contributed by atoms with Gasteiger partial charge in [0.05, 0.1) is 11.1 Å². The number of hydrogen-bond donors (Lipinski definition) is 1. The maximum atomic E-state index is 12.2. The summed E-state index contributed by atoms with van der Waals surface area (Å²) in [6.07, 6.45) is 1.61. The van der Waals surface area contributed by atoms with Crippen LogP contribution in [-0.4, -0.2) is 48.0 Å². The molecular formula is C14H20BrN3O3. The van der Waals surface area contributed by atoms with Gasteiger partial charge in [0, 0.05) is 31.7 Å². The van der Waals surface area contributed by atoms with Gasteiger partial charge in [-0.2, -0.15) is 0 Å². The molecule has 0 aliphatic heterocycles. The van der Waals surface area contributed by atoms with Crippen molar-refractivity contribution in [2.75, 3.05) is 26.0 Å². The Morgan fingerprint density at radius 3 is 2.57 bits per heavy atom. The molecule has 1 amide bonds. The van der Waals surface area contributed by atoms with E-state index in [1.165, 1.54) is 11.8 Å². The Morgan fingerprint density at radius 2 is 2.05 bits per heavy atom. The number of anilines is 1. The van der Waals surface area contributed by atoms with Crippen LogP contribution in [0, 0.1) is 0 Å². The van der Waals surface area contributed by atoms with Gasteiger partial charge < -0.3 is 15.0 Å². The smallest absolute Gasteiger partial charge is 0.302 e. The minimum absolute atomic E-state index is 0.158. The van der Waals surface area contributed by atoms with E-state index < -0.39 is 5.54 Å². The van der Waals surface area contributed by atoms with Gasteiger partial charge in [-0.1, -0.05) is 0 Å². The normalized spacial score (nSPS) is 11.0. The molecule has 0 bridgehead atoms. The Labute approximate surface area is 133 Å². The van der Waals surface area contributed by atoms with Crippen molar-refractivity contribution in [3.63, 3.8) is 0 Å². The number of amides is 1. The van der Waals surface area contributed by atoms with Crippen molar-refractivity contribution in [1.29, 1.82) is 0 Å². The second-order valence-corrected chi connectivity index (χ2v) is 6.45. The molecule has 1 N–H and O–H groups in total. The third-order valence-electron chi connectivity index (χ3n) is 2.58. The first-order valence-electron chi connectivity index (χ1n) is 6.41. The number of rotatable bonds is 5. The molecule has 0 radical (unpaired) electrons. The van der Waals surface area contributed by atoms with Crippen LogP contribution in [0.1, 0.15) is 31.1 Å². The fourth-order valence-corrected chi connectivity index (χ4v) is 1.91. The molecule has 1 rings (SSSR count). The van der Waals surface area contributed by atoms with Gasteiger partial charge in [-0.25, -0.2) is 4.98 Å². The highest BCUT2D eigenvalue weighted by atomic mass is 79.9. The molecule has 0 saturated heterocycles. The molecule has 6 nitrogen and oxygen atoms in total. The van der Waals surface area contributed by atoms with E-state index in [0.29, 0.717) is 11.4 Å². The number of esters is 1. The summed E-state index contributed by atoms with van der Waals surface area (Å²) in [6, 6.07) is 1.71. The largest absolute Gasteiger partial charge is 0.463 e. The van der Waals surface area contributed by atoms with Crippen LogP contribution in [0.2, 0.25) is 0 Å². The number of nitrogens with one attached hydrogen (secondary N) is 1. The van der Waals surface area contributed by atoms with Gasteiger partial charge in [-0.3, -0.25) is 9.59 Å². The van der Waals surface area contributed by atoms with Gasteiger partial charge in [-0.15, -0.1) is 0 Å². The summed E-state index contributed by atoms with van der Waals surface area (Å²) in [4.78, 5) is 28.9. The molecular weight excluding hydrogens is 338 g/mol. The molecule has 1 heterocycles. The van der Waals surface area contributed by atoms with Crippen molar-refractivity contribution in [1.82, 2.24) is 9.88 Å². The summed E-state index contributed by atoms with van der Waals surface area (Å²) in [5.74, 6) is -0.0538. The summed E-state index contributed by atoms with van der Waals surface area (Å²) in [5, 5.41) is 3.15. The van der Waals surface area contributed by atoms with Gasteiger partial charge in [0.2, 0.25) is 0 Å². The Bertz CT molecular complexity index is 544. The molecule has 0 unspecified atom stereocenters. The first kappa shape index (κ1) is 17.4. The quantitative estimate of drug-likeness (QED) is 0.818. The molecule has 1 aromatic heterocycles. The highest BCUT2D eigenvalue weighted by molar-refractivity contribution is 9.10. The molecule has 0 aliphatic carbocycles. The maximum absolute atomic E-state index is 12.2. The topological polar surface area (TPSA) is 71.5 Å². The summed E-state index contributed by atoms with van der Waals surface area (Å²) in [7, 11) is 3.36. The first-order chi connectivity index (χ1) is 9.62. The SMILES string of the molecule is CC(=O)OCC(C)(C)Nc1ncc(Br)cc1C(=O)N(C)C. The highest BCUT2D eigenvalue weighted by Crippen LogP contribution is 2.22.